The number of hydrogen-bond acceptors (Lipinski definition) is 21. The average Bonchev–Trinajstić information content (AvgIpc) is 1.50. The van der Waals surface area contributed by atoms with Crippen LogP contribution in [0.4, 0.5) is 14.9 Å². The predicted octanol–water partition coefficient (Wildman–Crippen LogP) is -1.96. The minimum atomic E-state index is -2.08. The Kier molecular flexibility index (Phi) is 21.2. The zero-order chi connectivity index (χ0) is 70.4. The molecular formula is C65H68FN11O21. The van der Waals surface area contributed by atoms with Gasteiger partial charge in [-0.15, -0.1) is 0 Å². The maximum Gasteiger partial charge on any atom is 0.407 e. The number of nitrogens with zero attached hydrogens (tertiary/aromatic N) is 3. The van der Waals surface area contributed by atoms with Crippen LogP contribution >= 0.6 is 0 Å². The zero-order valence-electron chi connectivity index (χ0n) is 52.5. The van der Waals surface area contributed by atoms with E-state index < -0.39 is 170 Å². The first-order chi connectivity index (χ1) is 46.7. The number of rotatable bonds is 25. The van der Waals surface area contributed by atoms with E-state index >= 15 is 4.39 Å². The van der Waals surface area contributed by atoms with E-state index in [9.17, 15) is 87.9 Å². The number of carbonyl (C=O) groups is 12. The fraction of sp³-hybridized carbons (Fsp3) is 0.385. The molecule has 0 bridgehead atoms. The van der Waals surface area contributed by atoms with E-state index in [1.807, 2.05) is 0 Å². The number of ether oxygens (including phenoxy) is 3. The van der Waals surface area contributed by atoms with Crippen LogP contribution in [0.1, 0.15) is 89.6 Å². The topological polar surface area (TPSA) is 468 Å². The summed E-state index contributed by atoms with van der Waals surface area (Å²) >= 11 is 0. The number of aromatic nitrogens is 2. The molecule has 33 heteroatoms. The number of carbonyl (C=O) groups excluding carboxylic acids is 11. The van der Waals surface area contributed by atoms with Crippen molar-refractivity contribution < 1.29 is 102 Å². The molecule has 3 aromatic carbocycles. The van der Waals surface area contributed by atoms with Gasteiger partial charge in [-0.2, -0.15) is 0 Å². The van der Waals surface area contributed by atoms with Crippen molar-refractivity contribution in [3.8, 4) is 11.4 Å². The molecule has 0 spiro atoms. The Bertz CT molecular complexity index is 4170. The number of aliphatic hydroxyl groups excluding tert-OH is 3. The Labute approximate surface area is 554 Å². The van der Waals surface area contributed by atoms with Crippen LogP contribution in [0.25, 0.3) is 22.3 Å². The number of imide groups is 1. The molecule has 13 N–H and O–H groups in total. The van der Waals surface area contributed by atoms with E-state index in [0.717, 1.165) is 12.2 Å². The van der Waals surface area contributed by atoms with Crippen LogP contribution in [0, 0.1) is 12.7 Å². The van der Waals surface area contributed by atoms with Crippen molar-refractivity contribution in [2.75, 3.05) is 31.5 Å². The second kappa shape index (κ2) is 29.6. The van der Waals surface area contributed by atoms with Crippen molar-refractivity contribution in [2.24, 2.45) is 0 Å². The number of alkyl carbamates (subject to hydrolysis) is 1. The number of benzene rings is 3. The molecule has 0 unspecified atom stereocenters. The third-order valence-corrected chi connectivity index (χ3v) is 17.4. The molecule has 0 saturated carbocycles. The first-order valence-electron chi connectivity index (χ1n) is 31.1. The number of amides is 10. The van der Waals surface area contributed by atoms with Gasteiger partial charge in [-0.05, 0) is 85.0 Å². The predicted molar refractivity (Wildman–Crippen MR) is 334 cm³/mol. The van der Waals surface area contributed by atoms with Crippen molar-refractivity contribution >= 4 is 87.8 Å². The highest BCUT2D eigenvalue weighted by Crippen LogP contribution is 2.46. The van der Waals surface area contributed by atoms with Crippen molar-refractivity contribution in [1.82, 2.24) is 51.7 Å². The second-order valence-electron chi connectivity index (χ2n) is 23.9. The maximum absolute atomic E-state index is 15.5. The number of cyclic esters (lactones) is 1. The Balaban J connectivity index is 0.698. The van der Waals surface area contributed by atoms with Crippen molar-refractivity contribution in [1.29, 1.82) is 0 Å². The van der Waals surface area contributed by atoms with Gasteiger partial charge in [0.2, 0.25) is 41.4 Å². The highest BCUT2D eigenvalue weighted by molar-refractivity contribution is 6.14. The lowest BCUT2D eigenvalue weighted by molar-refractivity contribution is -0.233. The lowest BCUT2D eigenvalue weighted by Gasteiger charge is -2.38. The molecule has 9 atom stereocenters. The number of aliphatic carboxylic acids is 1. The molecule has 6 heterocycles. The molecule has 516 valence electrons. The number of carboxylic acid groups (broad SMARTS) is 1. The summed E-state index contributed by atoms with van der Waals surface area (Å²) in [6, 6.07) is 14.1. The van der Waals surface area contributed by atoms with Crippen LogP contribution in [-0.2, 0) is 105 Å². The van der Waals surface area contributed by atoms with Crippen molar-refractivity contribution in [3.63, 3.8) is 0 Å². The molecule has 10 amide bonds. The summed E-state index contributed by atoms with van der Waals surface area (Å²) in [6.45, 7) is -0.164. The molecular weight excluding hydrogens is 1290 g/mol. The van der Waals surface area contributed by atoms with Gasteiger partial charge in [0.1, 0.15) is 56.0 Å². The van der Waals surface area contributed by atoms with E-state index in [-0.39, 0.29) is 56.6 Å². The third kappa shape index (κ3) is 15.2. The van der Waals surface area contributed by atoms with Crippen LogP contribution in [0.5, 0.6) is 0 Å². The molecule has 1 saturated heterocycles. The third-order valence-electron chi connectivity index (χ3n) is 17.4. The maximum atomic E-state index is 15.5. The summed E-state index contributed by atoms with van der Waals surface area (Å²) in [5.41, 5.74) is 2.38. The van der Waals surface area contributed by atoms with Gasteiger partial charge in [0.05, 0.1) is 54.7 Å². The van der Waals surface area contributed by atoms with Gasteiger partial charge in [0.25, 0.3) is 17.4 Å². The van der Waals surface area contributed by atoms with E-state index in [1.165, 1.54) is 22.8 Å². The molecule has 2 aromatic heterocycles. The standard InChI is InChI=1S/C65H68FN11O21/c1-3-65(95)37-21-43-53-35(26-76(43)61(90)36(37)29-96-63(65)93)52-39(17-16-34-30(2)38(66)22-41(73-53)51(34)52)74-64(94)97-28-32-12-14-33(15-13-32)70-46(80)25-69-59(89)42(20-31-8-5-4-6-9-31)72-47(81)24-67-45(79)23-68-58(88)40(71-48(82)27-77-49(83)18-19-50(77)84)10-7-11-44(78)75-60-56(87)54(85)55(86)57(98-60)62(91)92/h4-6,8-9,12-15,18-19,21-22,39-40,42,54-57,60,85-87,95H,3,7,10-11,16-17,20,23-29H2,1-2H3,(H,67,79)(H,68,88)(H,69,89)(H,70,80)(H,71,82)(H,72,81)(H,74,94)(H,75,78)(H,91,92)/t39-,40-,42-,54-,55-,56+,57-,60-,65-/m0/s1. The molecule has 0 radical (unpaired) electrons. The molecule has 32 nitrogen and oxygen atoms in total. The van der Waals surface area contributed by atoms with E-state index in [0.29, 0.717) is 79.1 Å². The van der Waals surface area contributed by atoms with Crippen LogP contribution < -0.4 is 48.1 Å². The monoisotopic (exact) mass is 1360 g/mol. The molecule has 5 aliphatic rings. The molecule has 4 aliphatic heterocycles. The molecule has 1 aliphatic carbocycles. The lowest BCUT2D eigenvalue weighted by atomic mass is 9.81. The number of nitrogens with one attached hydrogen (secondary N) is 8. The van der Waals surface area contributed by atoms with Gasteiger partial charge in [0, 0.05) is 53.3 Å². The number of fused-ring (bicyclic) bond motifs is 5. The smallest absolute Gasteiger partial charge is 0.407 e. The van der Waals surface area contributed by atoms with Gasteiger partial charge in [-0.3, -0.25) is 52.8 Å². The first-order valence-corrected chi connectivity index (χ1v) is 31.1. The van der Waals surface area contributed by atoms with Gasteiger partial charge in [-0.25, -0.2) is 23.8 Å². The van der Waals surface area contributed by atoms with E-state index in [4.69, 9.17) is 19.2 Å². The number of aliphatic hydroxyl groups is 4. The Morgan fingerprint density at radius 1 is 0.765 bits per heavy atom. The Hall–Kier alpha value is -10.9. The molecule has 10 rings (SSSR count). The zero-order valence-corrected chi connectivity index (χ0v) is 52.5. The number of halogens is 1. The highest BCUT2D eigenvalue weighted by atomic mass is 19.1. The molecule has 1 fully saturated rings. The first kappa shape index (κ1) is 69.9. The number of aryl methyl sites for hydroxylation is 1. The van der Waals surface area contributed by atoms with Crippen LogP contribution in [0.2, 0.25) is 0 Å². The van der Waals surface area contributed by atoms with Crippen molar-refractivity contribution in [3.05, 3.63) is 140 Å². The second-order valence-corrected chi connectivity index (χ2v) is 23.9. The average molecular weight is 1360 g/mol. The van der Waals surface area contributed by atoms with Crippen LogP contribution in [0.3, 0.4) is 0 Å². The lowest BCUT2D eigenvalue weighted by Crippen LogP contribution is -2.64. The van der Waals surface area contributed by atoms with Crippen molar-refractivity contribution in [2.45, 2.75) is 133 Å². The summed E-state index contributed by atoms with van der Waals surface area (Å²) < 4.78 is 32.9. The fourth-order valence-corrected chi connectivity index (χ4v) is 12.2. The summed E-state index contributed by atoms with van der Waals surface area (Å²) in [7, 11) is 0. The number of esters is 1. The van der Waals surface area contributed by atoms with Gasteiger partial charge >= 0.3 is 18.0 Å². The minimum absolute atomic E-state index is 0.0302. The van der Waals surface area contributed by atoms with Crippen LogP contribution in [-0.4, -0.2) is 180 Å². The summed E-state index contributed by atoms with van der Waals surface area (Å²) in [4.78, 5) is 174. The highest BCUT2D eigenvalue weighted by Gasteiger charge is 2.48. The fourth-order valence-electron chi connectivity index (χ4n) is 12.2. The van der Waals surface area contributed by atoms with E-state index in [1.54, 1.807) is 62.4 Å². The quantitative estimate of drug-likeness (QED) is 0.0219. The Morgan fingerprint density at radius 2 is 1.44 bits per heavy atom. The van der Waals surface area contributed by atoms with Gasteiger partial charge in [0.15, 0.2) is 17.9 Å². The number of carboxylic acids is 1. The van der Waals surface area contributed by atoms with Gasteiger partial charge in [-0.1, -0.05) is 49.4 Å². The molecule has 5 aromatic rings. The number of pyridine rings is 2. The largest absolute Gasteiger partial charge is 0.479 e. The normalized spacial score (nSPS) is 20.9. The summed E-state index contributed by atoms with van der Waals surface area (Å²) in [6.07, 6.45) is -9.16. The van der Waals surface area contributed by atoms with Crippen LogP contribution in [0.15, 0.2) is 83.7 Å². The van der Waals surface area contributed by atoms with E-state index in [2.05, 4.69) is 42.5 Å². The SMILES string of the molecule is CC[C@@]1(O)C(=O)OCc2c1cc1n(c2=O)Cc2c-1nc1cc(F)c(C)c3c1c2[C@@H](NC(=O)OCc1ccc(NC(=O)CNC(=O)[C@H](Cc2ccccc2)NC(=O)CNC(=O)CNC(=O)[C@H](CCCC(=O)N[C@H]2O[C@H](C(=O)O)[C@@H](O)[C@H](O)[C@H]2O)NC(=O)CN2C(=O)C=CC2=O)cc1)CC3. The summed E-state index contributed by atoms with van der Waals surface area (Å²) in [5.74, 6) is -10.8. The Morgan fingerprint density at radius 3 is 2.13 bits per heavy atom. The summed E-state index contributed by atoms with van der Waals surface area (Å²) in [5, 5.41) is 71.3. The van der Waals surface area contributed by atoms with Gasteiger partial charge < -0.3 is 86.8 Å². The number of hydrogen-bond donors (Lipinski definition) is 13. The minimum Gasteiger partial charge on any atom is -0.479 e. The number of anilines is 1. The molecule has 98 heavy (non-hydrogen) atoms.